The molecule has 7 nitrogen and oxygen atoms in total. The molecule has 1 aromatic heterocycles. The molecule has 0 unspecified atom stereocenters. The number of hydrogen-bond acceptors (Lipinski definition) is 5. The molecule has 0 bridgehead atoms. The maximum atomic E-state index is 12.1. The van der Waals surface area contributed by atoms with Gasteiger partial charge >= 0.3 is 5.97 Å². The summed E-state index contributed by atoms with van der Waals surface area (Å²) in [6.45, 7) is 6.94. The van der Waals surface area contributed by atoms with Crippen molar-refractivity contribution in [2.45, 2.75) is 20.3 Å². The fourth-order valence-electron chi connectivity index (χ4n) is 4.08. The number of piperazine rings is 1. The van der Waals surface area contributed by atoms with Gasteiger partial charge in [-0.1, -0.05) is 31.5 Å². The van der Waals surface area contributed by atoms with E-state index < -0.39 is 5.97 Å². The average Bonchev–Trinajstić information content (AvgIpc) is 2.78. The lowest BCUT2D eigenvalue weighted by molar-refractivity contribution is -0.116. The molecule has 0 saturated carbocycles. The van der Waals surface area contributed by atoms with Gasteiger partial charge in [0.1, 0.15) is 5.82 Å². The van der Waals surface area contributed by atoms with E-state index >= 15 is 0 Å². The average molecular weight is 576 g/mol. The molecule has 2 N–H and O–H groups in total. The first kappa shape index (κ1) is 31.6. The van der Waals surface area contributed by atoms with E-state index in [1.54, 1.807) is 24.3 Å². The third-order valence-electron chi connectivity index (χ3n) is 5.68. The quantitative estimate of drug-likeness (QED) is 0.366. The number of anilines is 3. The number of aromatic carboxylic acids is 1. The van der Waals surface area contributed by atoms with Gasteiger partial charge in [-0.3, -0.25) is 4.79 Å². The number of halogens is 4. The number of fused-ring (bicyclic) bond motifs is 1. The van der Waals surface area contributed by atoms with Crippen molar-refractivity contribution in [2.24, 2.45) is 5.92 Å². The number of rotatable bonds is 6. The zero-order valence-corrected chi connectivity index (χ0v) is 23.1. The minimum absolute atomic E-state index is 0. The maximum absolute atomic E-state index is 12.1. The van der Waals surface area contributed by atoms with Crippen LogP contribution in [0.3, 0.4) is 0 Å². The Hall–Kier alpha value is -2.45. The molecule has 11 heteroatoms. The summed E-state index contributed by atoms with van der Waals surface area (Å²) in [5.74, 6) is -0.235. The van der Waals surface area contributed by atoms with Crippen molar-refractivity contribution in [3.63, 3.8) is 0 Å². The van der Waals surface area contributed by atoms with Crippen LogP contribution in [0.4, 0.5) is 17.2 Å². The largest absolute Gasteiger partial charge is 0.478 e. The van der Waals surface area contributed by atoms with E-state index in [0.29, 0.717) is 46.9 Å². The molecule has 4 rings (SSSR count). The van der Waals surface area contributed by atoms with Crippen LogP contribution in [-0.4, -0.2) is 48.1 Å². The van der Waals surface area contributed by atoms with Crippen molar-refractivity contribution in [1.29, 1.82) is 0 Å². The highest BCUT2D eigenvalue weighted by molar-refractivity contribution is 6.30. The summed E-state index contributed by atoms with van der Waals surface area (Å²) in [6, 6.07) is 14.6. The van der Waals surface area contributed by atoms with Crippen LogP contribution in [-0.2, 0) is 4.79 Å². The molecule has 36 heavy (non-hydrogen) atoms. The van der Waals surface area contributed by atoms with Crippen LogP contribution >= 0.6 is 48.8 Å². The van der Waals surface area contributed by atoms with Crippen molar-refractivity contribution in [3.8, 4) is 0 Å². The second-order valence-corrected chi connectivity index (χ2v) is 9.10. The summed E-state index contributed by atoms with van der Waals surface area (Å²) in [6.07, 6.45) is 0.405. The Bertz CT molecular complexity index is 1200. The standard InChI is InChI=1S/C25H27ClN4O3.3ClH/c1-16(2)12-24(31)27-18-6-7-22-20(14-18)21(25(32)33)15-23(28-22)30-10-8-29(9-11-30)19-5-3-4-17(26)13-19;;;/h3-7,13-16H,8-12H2,1-2H3,(H,27,31)(H,32,33);3*1H. The Balaban J connectivity index is 0.00000216. The molecule has 2 heterocycles. The lowest BCUT2D eigenvalue weighted by Gasteiger charge is -2.37. The Morgan fingerprint density at radius 2 is 1.67 bits per heavy atom. The van der Waals surface area contributed by atoms with Crippen molar-refractivity contribution in [3.05, 3.63) is 59.1 Å². The van der Waals surface area contributed by atoms with Crippen LogP contribution in [0.25, 0.3) is 10.9 Å². The molecule has 196 valence electrons. The zero-order chi connectivity index (χ0) is 23.5. The first-order valence-corrected chi connectivity index (χ1v) is 11.4. The smallest absolute Gasteiger partial charge is 0.336 e. The summed E-state index contributed by atoms with van der Waals surface area (Å²) >= 11 is 6.13. The molecule has 1 saturated heterocycles. The topological polar surface area (TPSA) is 85.8 Å². The normalized spacial score (nSPS) is 12.9. The van der Waals surface area contributed by atoms with E-state index in [-0.39, 0.29) is 54.6 Å². The fraction of sp³-hybridized carbons (Fsp3) is 0.320. The maximum Gasteiger partial charge on any atom is 0.336 e. The molecule has 1 aliphatic rings. The van der Waals surface area contributed by atoms with Gasteiger partial charge in [0.15, 0.2) is 0 Å². The van der Waals surface area contributed by atoms with E-state index in [9.17, 15) is 14.7 Å². The molecule has 1 amide bonds. The molecule has 1 fully saturated rings. The number of carboxylic acids is 1. The van der Waals surface area contributed by atoms with Crippen molar-refractivity contribution in [1.82, 2.24) is 4.98 Å². The molecule has 3 aromatic rings. The van der Waals surface area contributed by atoms with Gasteiger partial charge in [-0.15, -0.1) is 37.2 Å². The van der Waals surface area contributed by atoms with E-state index in [0.717, 1.165) is 18.8 Å². The Morgan fingerprint density at radius 3 is 2.28 bits per heavy atom. The second-order valence-electron chi connectivity index (χ2n) is 8.67. The lowest BCUT2D eigenvalue weighted by atomic mass is 10.1. The number of aromatic nitrogens is 1. The first-order chi connectivity index (χ1) is 15.8. The number of pyridine rings is 1. The molecule has 0 spiro atoms. The monoisotopic (exact) mass is 574 g/mol. The van der Waals surface area contributed by atoms with Crippen LogP contribution in [0, 0.1) is 5.92 Å². The summed E-state index contributed by atoms with van der Waals surface area (Å²) in [5.41, 5.74) is 2.41. The third-order valence-corrected chi connectivity index (χ3v) is 5.92. The number of nitrogens with zero attached hydrogens (tertiary/aromatic N) is 3. The summed E-state index contributed by atoms with van der Waals surface area (Å²) in [5, 5.41) is 13.9. The van der Waals surface area contributed by atoms with Crippen molar-refractivity contribution in [2.75, 3.05) is 41.3 Å². The molecule has 0 atom stereocenters. The predicted molar refractivity (Wildman–Crippen MR) is 154 cm³/mol. The summed E-state index contributed by atoms with van der Waals surface area (Å²) in [7, 11) is 0. The summed E-state index contributed by atoms with van der Waals surface area (Å²) in [4.78, 5) is 33.3. The Labute approximate surface area is 234 Å². The number of nitrogens with one attached hydrogen (secondary N) is 1. The van der Waals surface area contributed by atoms with Gasteiger partial charge in [-0.05, 0) is 48.4 Å². The first-order valence-electron chi connectivity index (χ1n) is 11.0. The second kappa shape index (κ2) is 13.7. The molecular formula is C25H30Cl4N4O3. The number of amides is 1. The van der Waals surface area contributed by atoms with Crippen LogP contribution in [0.15, 0.2) is 48.5 Å². The van der Waals surface area contributed by atoms with Gasteiger partial charge in [0, 0.05) is 54.4 Å². The van der Waals surface area contributed by atoms with Crippen LogP contribution in [0.2, 0.25) is 5.02 Å². The van der Waals surface area contributed by atoms with Crippen molar-refractivity contribution < 1.29 is 14.7 Å². The van der Waals surface area contributed by atoms with Gasteiger partial charge in [-0.25, -0.2) is 9.78 Å². The number of carbonyl (C=O) groups is 2. The highest BCUT2D eigenvalue weighted by atomic mass is 35.5. The molecule has 0 aliphatic carbocycles. The van der Waals surface area contributed by atoms with Gasteiger partial charge in [0.2, 0.25) is 5.91 Å². The molecule has 1 aliphatic heterocycles. The Kier molecular flexibility index (Phi) is 12.1. The number of carboxylic acid groups (broad SMARTS) is 1. The minimum atomic E-state index is -1.02. The Morgan fingerprint density at radius 1 is 1.00 bits per heavy atom. The number of benzene rings is 2. The van der Waals surface area contributed by atoms with Crippen LogP contribution < -0.4 is 15.1 Å². The van der Waals surface area contributed by atoms with Gasteiger partial charge in [-0.2, -0.15) is 0 Å². The number of hydrogen-bond donors (Lipinski definition) is 2. The fourth-order valence-corrected chi connectivity index (χ4v) is 4.26. The molecular weight excluding hydrogens is 546 g/mol. The van der Waals surface area contributed by atoms with E-state index in [1.165, 1.54) is 0 Å². The van der Waals surface area contributed by atoms with E-state index in [1.807, 2.05) is 38.1 Å². The minimum Gasteiger partial charge on any atom is -0.478 e. The highest BCUT2D eigenvalue weighted by Crippen LogP contribution is 2.28. The van der Waals surface area contributed by atoms with Gasteiger partial charge in [0.25, 0.3) is 0 Å². The highest BCUT2D eigenvalue weighted by Gasteiger charge is 2.21. The molecule has 2 aromatic carbocycles. The summed E-state index contributed by atoms with van der Waals surface area (Å²) < 4.78 is 0. The van der Waals surface area contributed by atoms with E-state index in [2.05, 4.69) is 15.1 Å². The van der Waals surface area contributed by atoms with Gasteiger partial charge < -0.3 is 20.2 Å². The molecule has 0 radical (unpaired) electrons. The van der Waals surface area contributed by atoms with Crippen LogP contribution in [0.5, 0.6) is 0 Å². The number of carbonyl (C=O) groups excluding carboxylic acids is 1. The van der Waals surface area contributed by atoms with Crippen LogP contribution in [0.1, 0.15) is 30.6 Å². The lowest BCUT2D eigenvalue weighted by Crippen LogP contribution is -2.46. The third kappa shape index (κ3) is 7.53. The zero-order valence-electron chi connectivity index (χ0n) is 19.9. The SMILES string of the molecule is CC(C)CC(=O)Nc1ccc2nc(N3CCN(c4cccc(Cl)c4)CC3)cc(C(=O)O)c2c1.Cl.Cl.Cl. The van der Waals surface area contributed by atoms with Gasteiger partial charge in [0.05, 0.1) is 11.1 Å². The van der Waals surface area contributed by atoms with E-state index in [4.69, 9.17) is 16.6 Å². The predicted octanol–water partition coefficient (Wildman–Crippen LogP) is 6.16. The van der Waals surface area contributed by atoms with Crippen molar-refractivity contribution >= 4 is 88.8 Å².